The minimum atomic E-state index is -0.296. The first-order chi connectivity index (χ1) is 7.22. The average molecular weight is 227 g/mol. The third kappa shape index (κ3) is 2.03. The first-order valence-corrected chi connectivity index (χ1v) is 5.67. The van der Waals surface area contributed by atoms with E-state index in [4.69, 9.17) is 9.47 Å². The summed E-state index contributed by atoms with van der Waals surface area (Å²) in [5, 5.41) is 0.991. The summed E-state index contributed by atoms with van der Waals surface area (Å²) >= 11 is 1.42. The number of hydrogen-bond donors (Lipinski definition) is 0. The highest BCUT2D eigenvalue weighted by Crippen LogP contribution is 2.30. The molecule has 2 rings (SSSR count). The maximum atomic E-state index is 11.4. The molecule has 0 aromatic carbocycles. The number of methoxy groups -OCH3 is 1. The fourth-order valence-electron chi connectivity index (χ4n) is 1.60. The molecule has 82 valence electrons. The van der Waals surface area contributed by atoms with E-state index in [1.54, 1.807) is 0 Å². The Hall–Kier alpha value is -0.940. The maximum absolute atomic E-state index is 11.4. The van der Waals surface area contributed by atoms with Gasteiger partial charge in [0.25, 0.3) is 0 Å². The lowest BCUT2D eigenvalue weighted by molar-refractivity contribution is 0.0605. The van der Waals surface area contributed by atoms with E-state index in [1.165, 1.54) is 18.4 Å². The van der Waals surface area contributed by atoms with Crippen molar-refractivity contribution in [3.63, 3.8) is 0 Å². The van der Waals surface area contributed by atoms with Gasteiger partial charge in [-0.25, -0.2) is 9.78 Å². The van der Waals surface area contributed by atoms with Crippen LogP contribution in [0.1, 0.15) is 32.7 Å². The Kier molecular flexibility index (Phi) is 3.02. The minimum absolute atomic E-state index is 0.296. The number of carbonyl (C=O) groups is 1. The number of nitrogens with zero attached hydrogens (tertiary/aromatic N) is 1. The summed E-state index contributed by atoms with van der Waals surface area (Å²) in [4.78, 5) is 16.4. The molecule has 4 nitrogen and oxygen atoms in total. The SMILES string of the molecule is COC(=O)c1sc(C2CCOC2)nc1C. The van der Waals surface area contributed by atoms with Crippen molar-refractivity contribution in [2.75, 3.05) is 20.3 Å². The number of aromatic nitrogens is 1. The van der Waals surface area contributed by atoms with Gasteiger partial charge in [0.1, 0.15) is 4.88 Å². The zero-order valence-electron chi connectivity index (χ0n) is 8.78. The van der Waals surface area contributed by atoms with Gasteiger partial charge in [0.05, 0.1) is 24.4 Å². The topological polar surface area (TPSA) is 48.4 Å². The molecule has 1 fully saturated rings. The Labute approximate surface area is 92.2 Å². The molecule has 5 heteroatoms. The Balaban J connectivity index is 2.23. The van der Waals surface area contributed by atoms with Gasteiger partial charge in [-0.1, -0.05) is 0 Å². The lowest BCUT2D eigenvalue weighted by atomic mass is 10.1. The van der Waals surface area contributed by atoms with Crippen LogP contribution in [0.15, 0.2) is 0 Å². The largest absolute Gasteiger partial charge is 0.465 e. The predicted octanol–water partition coefficient (Wildman–Crippen LogP) is 1.74. The molecule has 1 aromatic rings. The van der Waals surface area contributed by atoms with Gasteiger partial charge in [0.15, 0.2) is 0 Å². The second-order valence-corrected chi connectivity index (χ2v) is 4.55. The van der Waals surface area contributed by atoms with E-state index >= 15 is 0 Å². The van der Waals surface area contributed by atoms with Gasteiger partial charge < -0.3 is 9.47 Å². The van der Waals surface area contributed by atoms with Crippen LogP contribution >= 0.6 is 11.3 Å². The van der Waals surface area contributed by atoms with E-state index in [9.17, 15) is 4.79 Å². The van der Waals surface area contributed by atoms with Crippen LogP contribution in [0.25, 0.3) is 0 Å². The number of hydrogen-bond acceptors (Lipinski definition) is 5. The number of thiazole rings is 1. The zero-order chi connectivity index (χ0) is 10.8. The van der Waals surface area contributed by atoms with Gasteiger partial charge >= 0.3 is 5.97 Å². The molecule has 0 aliphatic carbocycles. The van der Waals surface area contributed by atoms with Crippen LogP contribution in [0, 0.1) is 6.92 Å². The fraction of sp³-hybridized carbons (Fsp3) is 0.600. The van der Waals surface area contributed by atoms with Gasteiger partial charge in [-0.3, -0.25) is 0 Å². The molecule has 0 radical (unpaired) electrons. The van der Waals surface area contributed by atoms with Crippen molar-refractivity contribution in [2.45, 2.75) is 19.3 Å². The smallest absolute Gasteiger partial charge is 0.349 e. The third-order valence-corrected chi connectivity index (χ3v) is 3.76. The summed E-state index contributed by atoms with van der Waals surface area (Å²) in [7, 11) is 1.39. The zero-order valence-corrected chi connectivity index (χ0v) is 9.60. The van der Waals surface area contributed by atoms with Gasteiger partial charge in [0, 0.05) is 12.5 Å². The Bertz CT molecular complexity index is 369. The predicted molar refractivity (Wildman–Crippen MR) is 56.4 cm³/mol. The molecule has 1 saturated heterocycles. The first kappa shape index (κ1) is 10.6. The quantitative estimate of drug-likeness (QED) is 0.722. The summed E-state index contributed by atoms with van der Waals surface area (Å²) in [5.41, 5.74) is 0.758. The summed E-state index contributed by atoms with van der Waals surface area (Å²) in [6, 6.07) is 0. The highest BCUT2D eigenvalue weighted by atomic mass is 32.1. The van der Waals surface area contributed by atoms with Crippen LogP contribution in [0.5, 0.6) is 0 Å². The Morgan fingerprint density at radius 2 is 2.47 bits per heavy atom. The van der Waals surface area contributed by atoms with Crippen LogP contribution in [-0.4, -0.2) is 31.3 Å². The van der Waals surface area contributed by atoms with E-state index in [-0.39, 0.29) is 5.97 Å². The lowest BCUT2D eigenvalue weighted by Gasteiger charge is -2.00. The van der Waals surface area contributed by atoms with E-state index in [0.29, 0.717) is 17.4 Å². The van der Waals surface area contributed by atoms with Crippen molar-refractivity contribution in [3.8, 4) is 0 Å². The maximum Gasteiger partial charge on any atom is 0.349 e. The van der Waals surface area contributed by atoms with Crippen molar-refractivity contribution in [3.05, 3.63) is 15.6 Å². The molecule has 0 bridgehead atoms. The highest BCUT2D eigenvalue weighted by Gasteiger charge is 2.24. The van der Waals surface area contributed by atoms with Crippen molar-refractivity contribution in [1.82, 2.24) is 4.98 Å². The van der Waals surface area contributed by atoms with Gasteiger partial charge in [-0.2, -0.15) is 0 Å². The molecular weight excluding hydrogens is 214 g/mol. The average Bonchev–Trinajstić information content (AvgIpc) is 2.84. The standard InChI is InChI=1S/C10H13NO3S/c1-6-8(10(12)13-2)15-9(11-6)7-3-4-14-5-7/h7H,3-5H2,1-2H3. The fourth-order valence-corrected chi connectivity index (χ4v) is 2.71. The number of esters is 1. The van der Waals surface area contributed by atoms with Crippen LogP contribution in [0.3, 0.4) is 0 Å². The first-order valence-electron chi connectivity index (χ1n) is 4.85. The van der Waals surface area contributed by atoms with Crippen molar-refractivity contribution >= 4 is 17.3 Å². The van der Waals surface area contributed by atoms with E-state index in [2.05, 4.69) is 4.98 Å². The van der Waals surface area contributed by atoms with Gasteiger partial charge in [-0.15, -0.1) is 11.3 Å². The van der Waals surface area contributed by atoms with E-state index < -0.39 is 0 Å². The summed E-state index contributed by atoms with van der Waals surface area (Å²) < 4.78 is 9.99. The second-order valence-electron chi connectivity index (χ2n) is 3.52. The molecule has 1 atom stereocenters. The Morgan fingerprint density at radius 1 is 1.67 bits per heavy atom. The van der Waals surface area contributed by atoms with Gasteiger partial charge in [0.2, 0.25) is 0 Å². The molecule has 1 aliphatic rings. The number of aryl methyl sites for hydroxylation is 1. The molecule has 1 aliphatic heterocycles. The molecule has 15 heavy (non-hydrogen) atoms. The lowest BCUT2D eigenvalue weighted by Crippen LogP contribution is -1.99. The monoisotopic (exact) mass is 227 g/mol. The van der Waals surface area contributed by atoms with Gasteiger partial charge in [-0.05, 0) is 13.3 Å². The highest BCUT2D eigenvalue weighted by molar-refractivity contribution is 7.13. The molecule has 0 saturated carbocycles. The van der Waals surface area contributed by atoms with E-state index in [0.717, 1.165) is 23.7 Å². The summed E-state index contributed by atoms with van der Waals surface area (Å²) in [5.74, 6) is 0.0577. The molecule has 0 spiro atoms. The molecule has 0 N–H and O–H groups in total. The van der Waals surface area contributed by atoms with Crippen LogP contribution in [0.4, 0.5) is 0 Å². The molecule has 1 aromatic heterocycles. The van der Waals surface area contributed by atoms with Crippen LogP contribution in [-0.2, 0) is 9.47 Å². The number of rotatable bonds is 2. The summed E-state index contributed by atoms with van der Waals surface area (Å²) in [6.07, 6.45) is 0.994. The third-order valence-electron chi connectivity index (χ3n) is 2.46. The number of carbonyl (C=O) groups excluding carboxylic acids is 1. The van der Waals surface area contributed by atoms with Crippen molar-refractivity contribution in [2.24, 2.45) is 0 Å². The second kappa shape index (κ2) is 4.28. The normalized spacial score (nSPS) is 20.5. The molecule has 1 unspecified atom stereocenters. The summed E-state index contributed by atoms with van der Waals surface area (Å²) in [6.45, 7) is 3.34. The van der Waals surface area contributed by atoms with E-state index in [1.807, 2.05) is 6.92 Å². The van der Waals surface area contributed by atoms with Crippen molar-refractivity contribution in [1.29, 1.82) is 0 Å². The van der Waals surface area contributed by atoms with Crippen LogP contribution < -0.4 is 0 Å². The van der Waals surface area contributed by atoms with Crippen molar-refractivity contribution < 1.29 is 14.3 Å². The molecule has 2 heterocycles. The molecular formula is C10H13NO3S. The minimum Gasteiger partial charge on any atom is -0.465 e. The van der Waals surface area contributed by atoms with Crippen LogP contribution in [0.2, 0.25) is 0 Å². The Morgan fingerprint density at radius 3 is 3.07 bits per heavy atom. The number of ether oxygens (including phenoxy) is 2. The molecule has 0 amide bonds.